The molecule has 20 heavy (non-hydrogen) atoms. The van der Waals surface area contributed by atoms with Gasteiger partial charge in [-0.25, -0.2) is 0 Å². The van der Waals surface area contributed by atoms with Crippen LogP contribution in [-0.2, 0) is 14.3 Å². The molecule has 6 nitrogen and oxygen atoms in total. The molecule has 3 aliphatic heterocycles. The number of likely N-dealkylation sites (tertiary alicyclic amines) is 1. The van der Waals surface area contributed by atoms with Crippen LogP contribution in [0.15, 0.2) is 0 Å². The number of amides is 2. The van der Waals surface area contributed by atoms with E-state index in [-0.39, 0.29) is 30.1 Å². The molecule has 6 heteroatoms. The van der Waals surface area contributed by atoms with Gasteiger partial charge in [0.2, 0.25) is 5.91 Å². The molecular weight excluding hydrogens is 258 g/mol. The Bertz CT molecular complexity index is 401. The van der Waals surface area contributed by atoms with E-state index in [4.69, 9.17) is 10.5 Å². The van der Waals surface area contributed by atoms with Crippen molar-refractivity contribution in [1.29, 1.82) is 0 Å². The van der Waals surface area contributed by atoms with Gasteiger partial charge in [-0.05, 0) is 31.6 Å². The van der Waals surface area contributed by atoms with E-state index in [9.17, 15) is 9.59 Å². The van der Waals surface area contributed by atoms with Gasteiger partial charge in [-0.15, -0.1) is 0 Å². The van der Waals surface area contributed by atoms with Crippen molar-refractivity contribution in [2.75, 3.05) is 19.6 Å². The van der Waals surface area contributed by atoms with Crippen LogP contribution < -0.4 is 11.1 Å². The van der Waals surface area contributed by atoms with Crippen molar-refractivity contribution in [2.45, 2.75) is 50.4 Å². The molecule has 0 aromatic carbocycles. The van der Waals surface area contributed by atoms with Crippen molar-refractivity contribution >= 4 is 11.8 Å². The topological polar surface area (TPSA) is 84.7 Å². The summed E-state index contributed by atoms with van der Waals surface area (Å²) in [5.74, 6) is 0.657. The molecule has 3 heterocycles. The Labute approximate surface area is 119 Å². The maximum atomic E-state index is 12.5. The zero-order valence-corrected chi connectivity index (χ0v) is 11.7. The average Bonchev–Trinajstić information content (AvgIpc) is 2.95. The quantitative estimate of drug-likeness (QED) is 0.722. The number of rotatable bonds is 2. The van der Waals surface area contributed by atoms with E-state index in [2.05, 4.69) is 5.32 Å². The summed E-state index contributed by atoms with van der Waals surface area (Å²) >= 11 is 0. The summed E-state index contributed by atoms with van der Waals surface area (Å²) in [6.07, 6.45) is 3.71. The molecule has 3 N–H and O–H groups in total. The molecule has 3 rings (SSSR count). The molecule has 3 saturated heterocycles. The fourth-order valence-corrected chi connectivity index (χ4v) is 3.57. The van der Waals surface area contributed by atoms with E-state index >= 15 is 0 Å². The van der Waals surface area contributed by atoms with Gasteiger partial charge in [-0.3, -0.25) is 9.59 Å². The van der Waals surface area contributed by atoms with Crippen molar-refractivity contribution in [3.8, 4) is 0 Å². The summed E-state index contributed by atoms with van der Waals surface area (Å²) in [5, 5.41) is 3.04. The fraction of sp³-hybridized carbons (Fsp3) is 0.857. The fourth-order valence-electron chi connectivity index (χ4n) is 3.57. The van der Waals surface area contributed by atoms with Gasteiger partial charge in [0.15, 0.2) is 0 Å². The first-order chi connectivity index (χ1) is 9.67. The van der Waals surface area contributed by atoms with Gasteiger partial charge in [0.1, 0.15) is 6.10 Å². The van der Waals surface area contributed by atoms with Gasteiger partial charge in [0.05, 0.1) is 6.10 Å². The van der Waals surface area contributed by atoms with Crippen LogP contribution in [0.5, 0.6) is 0 Å². The van der Waals surface area contributed by atoms with E-state index in [1.54, 1.807) is 0 Å². The summed E-state index contributed by atoms with van der Waals surface area (Å²) < 4.78 is 5.69. The maximum Gasteiger partial charge on any atom is 0.251 e. The Hall–Kier alpha value is -1.14. The molecule has 0 aromatic rings. The first-order valence-electron chi connectivity index (χ1n) is 7.61. The van der Waals surface area contributed by atoms with Gasteiger partial charge in [-0.1, -0.05) is 0 Å². The second-order valence-corrected chi connectivity index (χ2v) is 6.11. The molecule has 0 aromatic heterocycles. The Balaban J connectivity index is 1.56. The lowest BCUT2D eigenvalue weighted by atomic mass is 9.85. The smallest absolute Gasteiger partial charge is 0.251 e. The van der Waals surface area contributed by atoms with Gasteiger partial charge >= 0.3 is 0 Å². The monoisotopic (exact) mass is 281 g/mol. The second kappa shape index (κ2) is 5.69. The number of hydrogen-bond acceptors (Lipinski definition) is 4. The van der Waals surface area contributed by atoms with E-state index in [1.165, 1.54) is 0 Å². The normalized spacial score (nSPS) is 37.5. The highest BCUT2D eigenvalue weighted by molar-refractivity contribution is 5.81. The zero-order valence-electron chi connectivity index (χ0n) is 11.7. The summed E-state index contributed by atoms with van der Waals surface area (Å²) in [6.45, 7) is 1.95. The lowest BCUT2D eigenvalue weighted by Crippen LogP contribution is -2.56. The van der Waals surface area contributed by atoms with Gasteiger partial charge < -0.3 is 20.7 Å². The molecule has 0 radical (unpaired) electrons. The number of nitrogens with two attached hydrogens (primary N) is 1. The predicted molar refractivity (Wildman–Crippen MR) is 72.8 cm³/mol. The average molecular weight is 281 g/mol. The van der Waals surface area contributed by atoms with Crippen LogP contribution in [0.1, 0.15) is 32.1 Å². The lowest BCUT2D eigenvalue weighted by Gasteiger charge is -2.42. The summed E-state index contributed by atoms with van der Waals surface area (Å²) in [7, 11) is 0. The third-order valence-corrected chi connectivity index (χ3v) is 4.78. The highest BCUT2D eigenvalue weighted by Crippen LogP contribution is 2.28. The first-order valence-corrected chi connectivity index (χ1v) is 7.61. The Morgan fingerprint density at radius 3 is 2.95 bits per heavy atom. The summed E-state index contributed by atoms with van der Waals surface area (Å²) in [6, 6.07) is 0.251. The molecular formula is C14H23N3O3. The molecule has 0 aliphatic carbocycles. The van der Waals surface area contributed by atoms with Crippen LogP contribution in [0.4, 0.5) is 0 Å². The van der Waals surface area contributed by atoms with Crippen molar-refractivity contribution < 1.29 is 14.3 Å². The number of carbonyl (C=O) groups excluding carboxylic acids is 2. The third kappa shape index (κ3) is 2.67. The molecule has 4 unspecified atom stereocenters. The zero-order chi connectivity index (χ0) is 14.1. The number of fused-ring (bicyclic) bond motifs is 1. The first kappa shape index (κ1) is 13.8. The highest BCUT2D eigenvalue weighted by atomic mass is 16.5. The van der Waals surface area contributed by atoms with Crippen LogP contribution in [-0.4, -0.2) is 54.6 Å². The SMILES string of the molecule is NCC1CCC(C(=O)N2CCC3NC(=O)CCC3C2)O1. The van der Waals surface area contributed by atoms with Crippen LogP contribution in [0.25, 0.3) is 0 Å². The predicted octanol–water partition coefficient (Wildman–Crippen LogP) is -0.380. The molecule has 2 amide bonds. The molecule has 3 aliphatic rings. The Morgan fingerprint density at radius 2 is 2.20 bits per heavy atom. The number of nitrogens with zero attached hydrogens (tertiary/aromatic N) is 1. The van der Waals surface area contributed by atoms with Crippen LogP contribution in [0, 0.1) is 5.92 Å². The van der Waals surface area contributed by atoms with Crippen molar-refractivity contribution in [2.24, 2.45) is 11.7 Å². The molecule has 0 bridgehead atoms. The van der Waals surface area contributed by atoms with E-state index < -0.39 is 0 Å². The molecule has 3 fully saturated rings. The molecule has 0 spiro atoms. The number of ether oxygens (including phenoxy) is 1. The maximum absolute atomic E-state index is 12.5. The standard InChI is InChI=1S/C14H23N3O3/c15-7-10-2-3-12(20-10)14(19)17-6-5-11-9(8-17)1-4-13(18)16-11/h9-12H,1-8,15H2,(H,16,18). The molecule has 4 atom stereocenters. The molecule has 112 valence electrons. The lowest BCUT2D eigenvalue weighted by molar-refractivity contribution is -0.145. The highest BCUT2D eigenvalue weighted by Gasteiger charge is 2.39. The van der Waals surface area contributed by atoms with Crippen LogP contribution in [0.3, 0.4) is 0 Å². The van der Waals surface area contributed by atoms with Crippen LogP contribution >= 0.6 is 0 Å². The largest absolute Gasteiger partial charge is 0.364 e. The number of carbonyl (C=O) groups is 2. The Kier molecular flexibility index (Phi) is 3.94. The summed E-state index contributed by atoms with van der Waals surface area (Å²) in [5.41, 5.74) is 5.58. The van der Waals surface area contributed by atoms with E-state index in [0.717, 1.165) is 32.2 Å². The van der Waals surface area contributed by atoms with E-state index in [1.807, 2.05) is 4.90 Å². The van der Waals surface area contributed by atoms with Gasteiger partial charge in [-0.2, -0.15) is 0 Å². The van der Waals surface area contributed by atoms with Gasteiger partial charge in [0.25, 0.3) is 5.91 Å². The van der Waals surface area contributed by atoms with Gasteiger partial charge in [0, 0.05) is 32.1 Å². The van der Waals surface area contributed by atoms with Crippen molar-refractivity contribution in [3.63, 3.8) is 0 Å². The molecule has 0 saturated carbocycles. The minimum atomic E-state index is -0.307. The number of nitrogens with one attached hydrogen (secondary N) is 1. The second-order valence-electron chi connectivity index (χ2n) is 6.11. The number of piperidine rings is 2. The number of hydrogen-bond donors (Lipinski definition) is 2. The van der Waals surface area contributed by atoms with Crippen LogP contribution in [0.2, 0.25) is 0 Å². The third-order valence-electron chi connectivity index (χ3n) is 4.78. The minimum absolute atomic E-state index is 0.0375. The summed E-state index contributed by atoms with van der Waals surface area (Å²) in [4.78, 5) is 25.8. The minimum Gasteiger partial charge on any atom is -0.364 e. The van der Waals surface area contributed by atoms with Crippen molar-refractivity contribution in [3.05, 3.63) is 0 Å². The van der Waals surface area contributed by atoms with Crippen molar-refractivity contribution in [1.82, 2.24) is 10.2 Å². The van der Waals surface area contributed by atoms with E-state index in [0.29, 0.717) is 25.4 Å². The Morgan fingerprint density at radius 1 is 1.35 bits per heavy atom.